The van der Waals surface area contributed by atoms with Crippen LogP contribution in [0, 0.1) is 0 Å². The summed E-state index contributed by atoms with van der Waals surface area (Å²) in [5, 5.41) is 7.40. The lowest BCUT2D eigenvalue weighted by Crippen LogP contribution is -2.52. The lowest BCUT2D eigenvalue weighted by atomic mass is 10.0. The number of piperidine rings is 1. The van der Waals surface area contributed by atoms with Crippen molar-refractivity contribution in [2.45, 2.75) is 28.7 Å². The second-order valence-electron chi connectivity index (χ2n) is 12.8. The largest absolute Gasteiger partial charge is 0.497 e. The zero-order valence-corrected chi connectivity index (χ0v) is 29.5. The fraction of sp³-hybridized carbons (Fsp3) is 0.316. The minimum atomic E-state index is -3.86. The Balaban J connectivity index is 1.15. The number of likely N-dealkylation sites (N-methyl/N-ethyl adjacent to an activating group) is 1. The van der Waals surface area contributed by atoms with Crippen molar-refractivity contribution in [2.24, 2.45) is 0 Å². The molecule has 2 saturated heterocycles. The van der Waals surface area contributed by atoms with Gasteiger partial charge in [-0.3, -0.25) is 4.90 Å². The Morgan fingerprint density at radius 3 is 2.22 bits per heavy atom. The molecule has 0 aliphatic carbocycles. The highest BCUT2D eigenvalue weighted by atomic mass is 32.2. The second kappa shape index (κ2) is 14.5. The summed E-state index contributed by atoms with van der Waals surface area (Å²) in [6, 6.07) is 27.6. The number of benzene rings is 4. The number of sulfone groups is 1. The van der Waals surface area contributed by atoms with E-state index in [-0.39, 0.29) is 9.79 Å². The monoisotopic (exact) mass is 693 g/mol. The number of nitrogens with zero attached hydrogens (tertiary/aromatic N) is 5. The summed E-state index contributed by atoms with van der Waals surface area (Å²) in [5.41, 5.74) is 2.86. The summed E-state index contributed by atoms with van der Waals surface area (Å²) in [6.45, 7) is 6.59. The highest BCUT2D eigenvalue weighted by molar-refractivity contribution is 7.91. The maximum absolute atomic E-state index is 13.8. The van der Waals surface area contributed by atoms with E-state index in [9.17, 15) is 8.42 Å². The molecule has 0 atom stereocenters. The Hall–Kier alpha value is -4.91. The number of rotatable bonds is 10. The van der Waals surface area contributed by atoms with Gasteiger partial charge in [0.05, 0.1) is 40.9 Å². The van der Waals surface area contributed by atoms with E-state index < -0.39 is 9.84 Å². The first kappa shape index (κ1) is 33.6. The third-order valence-electron chi connectivity index (χ3n) is 9.70. The van der Waals surface area contributed by atoms with Gasteiger partial charge in [-0.2, -0.15) is 4.98 Å². The van der Waals surface area contributed by atoms with Crippen LogP contribution in [-0.2, 0) is 9.84 Å². The van der Waals surface area contributed by atoms with Crippen molar-refractivity contribution in [3.05, 3.63) is 91.0 Å². The lowest BCUT2D eigenvalue weighted by molar-refractivity contribution is 0.0982. The molecule has 0 bridgehead atoms. The molecule has 11 nitrogen and oxygen atoms in total. The molecule has 260 valence electrons. The number of para-hydroxylation sites is 1. The number of piperazine rings is 1. The first-order valence-electron chi connectivity index (χ1n) is 17.0. The molecule has 2 N–H and O–H groups in total. The summed E-state index contributed by atoms with van der Waals surface area (Å²) < 4.78 is 38.9. The van der Waals surface area contributed by atoms with Crippen LogP contribution >= 0.6 is 0 Å². The van der Waals surface area contributed by atoms with Gasteiger partial charge in [0.25, 0.3) is 0 Å². The van der Waals surface area contributed by atoms with E-state index in [1.54, 1.807) is 62.8 Å². The fourth-order valence-corrected chi connectivity index (χ4v) is 8.24. The molecule has 0 unspecified atom stereocenters. The fourth-order valence-electron chi connectivity index (χ4n) is 6.83. The van der Waals surface area contributed by atoms with Crippen LogP contribution in [0.5, 0.6) is 11.5 Å². The average Bonchev–Trinajstić information content (AvgIpc) is 3.15. The number of methoxy groups -OCH3 is 2. The summed E-state index contributed by atoms with van der Waals surface area (Å²) in [5.74, 6) is 1.96. The molecule has 0 saturated carbocycles. The van der Waals surface area contributed by atoms with E-state index in [0.29, 0.717) is 40.5 Å². The Morgan fingerprint density at radius 2 is 1.48 bits per heavy atom. The third-order valence-corrected chi connectivity index (χ3v) is 11.5. The van der Waals surface area contributed by atoms with Crippen LogP contribution < -0.4 is 25.0 Å². The van der Waals surface area contributed by atoms with Gasteiger partial charge in [-0.05, 0) is 68.4 Å². The molecule has 5 aromatic rings. The Labute approximate surface area is 293 Å². The molecular formula is C38H43N7O4S. The topological polar surface area (TPSA) is 112 Å². The maximum atomic E-state index is 13.8. The van der Waals surface area contributed by atoms with Crippen LogP contribution in [0.4, 0.5) is 28.8 Å². The molecule has 0 radical (unpaired) electrons. The highest BCUT2D eigenvalue weighted by Crippen LogP contribution is 2.37. The van der Waals surface area contributed by atoms with Crippen molar-refractivity contribution in [3.63, 3.8) is 0 Å². The van der Waals surface area contributed by atoms with Gasteiger partial charge in [-0.15, -0.1) is 0 Å². The summed E-state index contributed by atoms with van der Waals surface area (Å²) in [7, 11) is 1.55. The van der Waals surface area contributed by atoms with Gasteiger partial charge < -0.3 is 29.9 Å². The number of aromatic nitrogens is 2. The number of hydrogen-bond acceptors (Lipinski definition) is 11. The highest BCUT2D eigenvalue weighted by Gasteiger charge is 2.27. The quantitative estimate of drug-likeness (QED) is 0.175. The molecule has 2 aliphatic heterocycles. The Kier molecular flexibility index (Phi) is 9.75. The van der Waals surface area contributed by atoms with Crippen LogP contribution in [0.3, 0.4) is 0 Å². The molecule has 12 heteroatoms. The molecule has 7 rings (SSSR count). The molecule has 50 heavy (non-hydrogen) atoms. The second-order valence-corrected chi connectivity index (χ2v) is 14.7. The van der Waals surface area contributed by atoms with Crippen LogP contribution in [0.1, 0.15) is 12.8 Å². The Bertz CT molecular complexity index is 2060. The van der Waals surface area contributed by atoms with Gasteiger partial charge in [0.2, 0.25) is 15.8 Å². The van der Waals surface area contributed by atoms with E-state index in [2.05, 4.69) is 44.5 Å². The number of ether oxygens (including phenoxy) is 2. The molecule has 4 aromatic carbocycles. The van der Waals surface area contributed by atoms with Crippen LogP contribution in [0.15, 0.2) is 101 Å². The van der Waals surface area contributed by atoms with Crippen molar-refractivity contribution in [3.8, 4) is 11.5 Å². The Morgan fingerprint density at radius 1 is 0.740 bits per heavy atom. The van der Waals surface area contributed by atoms with E-state index in [4.69, 9.17) is 19.4 Å². The number of fused-ring (bicyclic) bond motifs is 1. The van der Waals surface area contributed by atoms with E-state index in [0.717, 1.165) is 68.9 Å². The van der Waals surface area contributed by atoms with Crippen LogP contribution in [0.25, 0.3) is 10.9 Å². The number of nitrogens with one attached hydrogen (secondary N) is 2. The molecule has 0 amide bonds. The number of hydrogen-bond donors (Lipinski definition) is 2. The molecular weight excluding hydrogens is 651 g/mol. The van der Waals surface area contributed by atoms with Gasteiger partial charge in [0.15, 0.2) is 0 Å². The summed E-state index contributed by atoms with van der Waals surface area (Å²) >= 11 is 0. The SMILES string of the molecule is COc1ccc(S(=O)(=O)c2ccccc2)c(Nc2nc(Nc3ccc(N4CCC(N5CCN(C)CC5)CC4)cc3OC)nc3ccccc23)c1. The van der Waals surface area contributed by atoms with Gasteiger partial charge >= 0.3 is 0 Å². The van der Waals surface area contributed by atoms with Crippen molar-refractivity contribution in [1.29, 1.82) is 0 Å². The first-order chi connectivity index (χ1) is 24.3. The molecule has 1 aromatic heterocycles. The van der Waals surface area contributed by atoms with E-state index in [1.807, 2.05) is 30.3 Å². The standard InChI is InChI=1S/C38H43N7O4S/c1-43-21-23-45(24-22-43)27-17-19-44(20-18-27)28-13-15-33(35(25-28)49-3)41-38-40-32-12-8-7-11-31(32)37(42-38)39-34-26-29(48-2)14-16-36(34)50(46,47)30-9-5-4-6-10-30/h4-16,25-27H,17-24H2,1-3H3,(H2,39,40,41,42). The third kappa shape index (κ3) is 7.05. The van der Waals surface area contributed by atoms with Crippen LogP contribution in [-0.4, -0.2) is 94.8 Å². The average molecular weight is 694 g/mol. The molecule has 2 fully saturated rings. The maximum Gasteiger partial charge on any atom is 0.229 e. The van der Waals surface area contributed by atoms with Crippen LogP contribution in [0.2, 0.25) is 0 Å². The van der Waals surface area contributed by atoms with Crippen molar-refractivity contribution in [2.75, 3.05) is 76.1 Å². The smallest absolute Gasteiger partial charge is 0.229 e. The molecule has 0 spiro atoms. The zero-order chi connectivity index (χ0) is 34.7. The minimum absolute atomic E-state index is 0.103. The van der Waals surface area contributed by atoms with Crippen molar-refractivity contribution >= 4 is 49.6 Å². The molecule has 2 aliphatic rings. The van der Waals surface area contributed by atoms with E-state index >= 15 is 0 Å². The predicted molar refractivity (Wildman–Crippen MR) is 198 cm³/mol. The predicted octanol–water partition coefficient (Wildman–Crippen LogP) is 6.18. The first-order valence-corrected chi connectivity index (χ1v) is 18.5. The lowest BCUT2D eigenvalue weighted by Gasteiger charge is -2.42. The van der Waals surface area contributed by atoms with Gasteiger partial charge in [-0.1, -0.05) is 30.3 Å². The van der Waals surface area contributed by atoms with E-state index in [1.165, 1.54) is 0 Å². The normalized spacial score (nSPS) is 16.3. The van der Waals surface area contributed by atoms with Gasteiger partial charge in [0.1, 0.15) is 17.3 Å². The van der Waals surface area contributed by atoms with Crippen molar-refractivity contribution in [1.82, 2.24) is 19.8 Å². The number of anilines is 5. The molecule has 3 heterocycles. The summed E-state index contributed by atoms with van der Waals surface area (Å²) in [4.78, 5) is 17.4. The zero-order valence-electron chi connectivity index (χ0n) is 28.7. The van der Waals surface area contributed by atoms with Gasteiger partial charge in [0, 0.05) is 68.5 Å². The summed E-state index contributed by atoms with van der Waals surface area (Å²) in [6.07, 6.45) is 2.29. The minimum Gasteiger partial charge on any atom is -0.497 e. The van der Waals surface area contributed by atoms with Gasteiger partial charge in [-0.25, -0.2) is 13.4 Å². The van der Waals surface area contributed by atoms with Crippen molar-refractivity contribution < 1.29 is 17.9 Å².